The Hall–Kier alpha value is -1.79. The number of methoxy groups -OCH3 is 3. The van der Waals surface area contributed by atoms with Gasteiger partial charge in [0.15, 0.2) is 11.5 Å². The molecule has 1 aromatic rings. The van der Waals surface area contributed by atoms with Crippen molar-refractivity contribution in [3.63, 3.8) is 0 Å². The van der Waals surface area contributed by atoms with Crippen LogP contribution in [0, 0.1) is 0 Å². The highest BCUT2D eigenvalue weighted by Crippen LogP contribution is 2.30. The number of para-hydroxylation sites is 1. The molecule has 0 saturated carbocycles. The zero-order chi connectivity index (χ0) is 15.0. The van der Waals surface area contributed by atoms with Crippen LogP contribution in [-0.2, 0) is 9.47 Å². The summed E-state index contributed by atoms with van der Waals surface area (Å²) in [6.45, 7) is 1.69. The van der Waals surface area contributed by atoms with Crippen molar-refractivity contribution in [2.75, 3.05) is 47.6 Å². The summed E-state index contributed by atoms with van der Waals surface area (Å²) in [5, 5.41) is 10.0. The molecule has 0 fully saturated rings. The molecule has 112 valence electrons. The van der Waals surface area contributed by atoms with Crippen molar-refractivity contribution in [1.82, 2.24) is 4.90 Å². The zero-order valence-corrected chi connectivity index (χ0v) is 12.1. The number of aromatic hydroxyl groups is 1. The van der Waals surface area contributed by atoms with E-state index in [4.69, 9.17) is 14.2 Å². The van der Waals surface area contributed by atoms with Gasteiger partial charge in [0, 0.05) is 27.3 Å². The summed E-state index contributed by atoms with van der Waals surface area (Å²) in [6, 6.07) is 4.82. The van der Waals surface area contributed by atoms with E-state index in [1.54, 1.807) is 37.3 Å². The molecular weight excluding hydrogens is 262 g/mol. The normalized spacial score (nSPS) is 10.3. The van der Waals surface area contributed by atoms with Crippen LogP contribution in [0.15, 0.2) is 18.2 Å². The molecule has 0 saturated heterocycles. The van der Waals surface area contributed by atoms with Crippen molar-refractivity contribution in [2.45, 2.75) is 0 Å². The van der Waals surface area contributed by atoms with E-state index >= 15 is 0 Å². The van der Waals surface area contributed by atoms with Gasteiger partial charge < -0.3 is 24.2 Å². The van der Waals surface area contributed by atoms with Crippen molar-refractivity contribution < 1.29 is 24.1 Å². The van der Waals surface area contributed by atoms with Crippen LogP contribution in [0.5, 0.6) is 11.5 Å². The second kappa shape index (κ2) is 8.39. The second-order valence-electron chi connectivity index (χ2n) is 4.13. The van der Waals surface area contributed by atoms with Gasteiger partial charge in [-0.25, -0.2) is 0 Å². The molecule has 0 bridgehead atoms. The van der Waals surface area contributed by atoms with Gasteiger partial charge in [-0.3, -0.25) is 4.79 Å². The van der Waals surface area contributed by atoms with Crippen LogP contribution in [0.25, 0.3) is 0 Å². The Balaban J connectivity index is 2.92. The topological polar surface area (TPSA) is 68.2 Å². The number of ether oxygens (including phenoxy) is 3. The Morgan fingerprint density at radius 2 is 1.75 bits per heavy atom. The lowest BCUT2D eigenvalue weighted by Gasteiger charge is -2.22. The van der Waals surface area contributed by atoms with Gasteiger partial charge in [0.05, 0.1) is 25.9 Å². The molecule has 0 spiro atoms. The number of hydrogen-bond donors (Lipinski definition) is 1. The smallest absolute Gasteiger partial charge is 0.257 e. The van der Waals surface area contributed by atoms with E-state index in [1.807, 2.05) is 0 Å². The van der Waals surface area contributed by atoms with Crippen LogP contribution in [-0.4, -0.2) is 63.5 Å². The zero-order valence-electron chi connectivity index (χ0n) is 12.1. The second-order valence-corrected chi connectivity index (χ2v) is 4.13. The van der Waals surface area contributed by atoms with Crippen molar-refractivity contribution in [3.05, 3.63) is 23.8 Å². The number of carbonyl (C=O) groups is 1. The molecule has 0 aromatic heterocycles. The highest BCUT2D eigenvalue weighted by molar-refractivity contribution is 5.97. The van der Waals surface area contributed by atoms with Crippen molar-refractivity contribution in [2.24, 2.45) is 0 Å². The van der Waals surface area contributed by atoms with Gasteiger partial charge in [0.1, 0.15) is 0 Å². The first-order chi connectivity index (χ1) is 9.65. The number of carbonyl (C=O) groups excluding carboxylic acids is 1. The van der Waals surface area contributed by atoms with Gasteiger partial charge in [-0.05, 0) is 12.1 Å². The number of hydrogen-bond acceptors (Lipinski definition) is 5. The number of nitrogens with zero attached hydrogens (tertiary/aromatic N) is 1. The highest BCUT2D eigenvalue weighted by Gasteiger charge is 2.20. The molecule has 6 nitrogen and oxygen atoms in total. The fraction of sp³-hybridized carbons (Fsp3) is 0.500. The molecule has 0 radical (unpaired) electrons. The van der Waals surface area contributed by atoms with Crippen LogP contribution in [0.4, 0.5) is 0 Å². The minimum Gasteiger partial charge on any atom is -0.504 e. The van der Waals surface area contributed by atoms with Gasteiger partial charge in [0.25, 0.3) is 5.91 Å². The molecule has 0 heterocycles. The molecule has 0 aliphatic heterocycles. The standard InChI is InChI=1S/C14H21NO5/c1-18-9-7-15(8-10-19-2)14(17)11-5-4-6-12(20-3)13(11)16/h4-6,16H,7-10H2,1-3H3. The largest absolute Gasteiger partial charge is 0.504 e. The van der Waals surface area contributed by atoms with E-state index in [-0.39, 0.29) is 23.0 Å². The summed E-state index contributed by atoms with van der Waals surface area (Å²) in [6.07, 6.45) is 0. The number of rotatable bonds is 8. The summed E-state index contributed by atoms with van der Waals surface area (Å²) < 4.78 is 15.0. The van der Waals surface area contributed by atoms with Crippen molar-refractivity contribution in [3.8, 4) is 11.5 Å². The minimum atomic E-state index is -0.282. The lowest BCUT2D eigenvalue weighted by Crippen LogP contribution is -2.36. The van der Waals surface area contributed by atoms with Gasteiger partial charge in [-0.15, -0.1) is 0 Å². The minimum absolute atomic E-state index is 0.153. The van der Waals surface area contributed by atoms with Crippen molar-refractivity contribution in [1.29, 1.82) is 0 Å². The molecule has 1 N–H and O–H groups in total. The SMILES string of the molecule is COCCN(CCOC)C(=O)c1cccc(OC)c1O. The van der Waals surface area contributed by atoms with Gasteiger partial charge in [0.2, 0.25) is 0 Å². The first kappa shape index (κ1) is 16.3. The van der Waals surface area contributed by atoms with E-state index in [2.05, 4.69) is 0 Å². The molecule has 1 aromatic carbocycles. The average molecular weight is 283 g/mol. The van der Waals surface area contributed by atoms with Crippen LogP contribution < -0.4 is 4.74 Å². The fourth-order valence-corrected chi connectivity index (χ4v) is 1.75. The molecule has 0 unspecified atom stereocenters. The quantitative estimate of drug-likeness (QED) is 0.774. The molecule has 6 heteroatoms. The summed E-state index contributed by atoms with van der Waals surface area (Å²) >= 11 is 0. The summed E-state index contributed by atoms with van der Waals surface area (Å²) in [5.74, 6) is -0.162. The van der Waals surface area contributed by atoms with Crippen LogP contribution in [0.2, 0.25) is 0 Å². The number of phenolic OH excluding ortho intramolecular Hbond substituents is 1. The van der Waals surface area contributed by atoms with E-state index in [0.717, 1.165) is 0 Å². The highest BCUT2D eigenvalue weighted by atomic mass is 16.5. The van der Waals surface area contributed by atoms with Gasteiger partial charge in [-0.1, -0.05) is 6.07 Å². The Morgan fingerprint density at radius 1 is 1.15 bits per heavy atom. The predicted octanol–water partition coefficient (Wildman–Crippen LogP) is 1.14. The monoisotopic (exact) mass is 283 g/mol. The first-order valence-electron chi connectivity index (χ1n) is 6.28. The summed E-state index contributed by atoms with van der Waals surface area (Å²) in [7, 11) is 4.58. The van der Waals surface area contributed by atoms with Crippen LogP contribution in [0.1, 0.15) is 10.4 Å². The molecule has 0 aliphatic rings. The number of amides is 1. The molecule has 0 atom stereocenters. The van der Waals surface area contributed by atoms with Crippen LogP contribution >= 0.6 is 0 Å². The van der Waals surface area contributed by atoms with Crippen molar-refractivity contribution >= 4 is 5.91 Å². The van der Waals surface area contributed by atoms with Gasteiger partial charge >= 0.3 is 0 Å². The van der Waals surface area contributed by atoms with E-state index < -0.39 is 0 Å². The Labute approximate surface area is 118 Å². The molecule has 1 rings (SSSR count). The Bertz CT molecular complexity index is 428. The Morgan fingerprint density at radius 3 is 2.25 bits per heavy atom. The molecule has 20 heavy (non-hydrogen) atoms. The third-order valence-electron chi connectivity index (χ3n) is 2.87. The summed E-state index contributed by atoms with van der Waals surface area (Å²) in [4.78, 5) is 14.0. The fourth-order valence-electron chi connectivity index (χ4n) is 1.75. The van der Waals surface area contributed by atoms with E-state index in [1.165, 1.54) is 7.11 Å². The molecule has 1 amide bonds. The number of phenols is 1. The third-order valence-corrected chi connectivity index (χ3v) is 2.87. The first-order valence-corrected chi connectivity index (χ1v) is 6.28. The maximum Gasteiger partial charge on any atom is 0.257 e. The summed E-state index contributed by atoms with van der Waals surface area (Å²) in [5.41, 5.74) is 0.205. The molecular formula is C14H21NO5. The Kier molecular flexibility index (Phi) is 6.83. The average Bonchev–Trinajstić information content (AvgIpc) is 2.47. The van der Waals surface area contributed by atoms with E-state index in [0.29, 0.717) is 26.3 Å². The maximum absolute atomic E-state index is 12.4. The predicted molar refractivity (Wildman–Crippen MR) is 74.3 cm³/mol. The number of benzene rings is 1. The van der Waals surface area contributed by atoms with Gasteiger partial charge in [-0.2, -0.15) is 0 Å². The third kappa shape index (κ3) is 4.11. The molecule has 0 aliphatic carbocycles. The van der Waals surface area contributed by atoms with E-state index in [9.17, 15) is 9.90 Å². The lowest BCUT2D eigenvalue weighted by atomic mass is 10.1. The lowest BCUT2D eigenvalue weighted by molar-refractivity contribution is 0.0624. The maximum atomic E-state index is 12.4. The van der Waals surface area contributed by atoms with Crippen LogP contribution in [0.3, 0.4) is 0 Å².